The third-order valence-electron chi connectivity index (χ3n) is 4.83. The minimum atomic E-state index is -3.91. The van der Waals surface area contributed by atoms with Crippen molar-refractivity contribution >= 4 is 77.3 Å². The van der Waals surface area contributed by atoms with Gasteiger partial charge in [0.1, 0.15) is 16.3 Å². The lowest BCUT2D eigenvalue weighted by Crippen LogP contribution is -2.04. The van der Waals surface area contributed by atoms with E-state index in [1.807, 2.05) is 0 Å². The summed E-state index contributed by atoms with van der Waals surface area (Å²) in [6, 6.07) is 7.67. The quantitative estimate of drug-likeness (QED) is 0.120. The summed E-state index contributed by atoms with van der Waals surface area (Å²) in [6.45, 7) is 3.39. The molecule has 0 saturated carbocycles. The number of hydrogen-bond acceptors (Lipinski definition) is 8. The number of aliphatic imine (C=N–C) groups is 1. The van der Waals surface area contributed by atoms with Gasteiger partial charge in [-0.3, -0.25) is 15.1 Å². The minimum absolute atomic E-state index is 0.0202. The van der Waals surface area contributed by atoms with Gasteiger partial charge in [0.25, 0.3) is 5.69 Å². The molecule has 170 valence electrons. The highest BCUT2D eigenvalue weighted by molar-refractivity contribution is 9.10. The van der Waals surface area contributed by atoms with Crippen LogP contribution < -0.4 is 0 Å². The van der Waals surface area contributed by atoms with E-state index in [0.29, 0.717) is 24.7 Å². The number of benzene rings is 2. The molecule has 0 N–H and O–H groups in total. The summed E-state index contributed by atoms with van der Waals surface area (Å²) in [5, 5.41) is 11.6. The highest BCUT2D eigenvalue weighted by Crippen LogP contribution is 2.41. The molecule has 0 aliphatic carbocycles. The molecule has 0 unspecified atom stereocenters. The Labute approximate surface area is 204 Å². The predicted octanol–water partition coefficient (Wildman–Crippen LogP) is 5.84. The van der Waals surface area contributed by atoms with Crippen molar-refractivity contribution in [1.29, 1.82) is 0 Å². The molecular formula is C20H14BrFN4O4S3. The van der Waals surface area contributed by atoms with Crippen LogP contribution in [0.5, 0.6) is 0 Å². The molecule has 4 rings (SSSR count). The first-order valence-electron chi connectivity index (χ1n) is 9.12. The van der Waals surface area contributed by atoms with E-state index in [2.05, 4.69) is 32.6 Å². The SMILES string of the molecule is C=Nc1cc(S(=O)(=O)c2cc(Br)c3ncn(Cc4cc([N+](=O)[O-])ccc4F)c3c2)c(SC)s1. The number of nitrogens with zero attached hydrogens (tertiary/aromatic N) is 4. The Hall–Kier alpha value is -2.61. The fourth-order valence-electron chi connectivity index (χ4n) is 3.24. The van der Waals surface area contributed by atoms with Gasteiger partial charge in [0, 0.05) is 22.2 Å². The van der Waals surface area contributed by atoms with Gasteiger partial charge in [0.2, 0.25) is 9.84 Å². The van der Waals surface area contributed by atoms with E-state index in [4.69, 9.17) is 0 Å². The average molecular weight is 569 g/mol. The average Bonchev–Trinajstić information content (AvgIpc) is 3.40. The molecule has 2 aromatic heterocycles. The Kier molecular flexibility index (Phi) is 6.40. The third-order valence-corrected chi connectivity index (χ3v) is 9.65. The van der Waals surface area contributed by atoms with E-state index in [0.717, 1.165) is 18.2 Å². The predicted molar refractivity (Wildman–Crippen MR) is 130 cm³/mol. The Morgan fingerprint density at radius 3 is 2.76 bits per heavy atom. The number of rotatable bonds is 7. The highest BCUT2D eigenvalue weighted by Gasteiger charge is 2.26. The molecule has 4 aromatic rings. The van der Waals surface area contributed by atoms with Crippen LogP contribution in [0.15, 0.2) is 66.2 Å². The third kappa shape index (κ3) is 4.33. The van der Waals surface area contributed by atoms with E-state index in [9.17, 15) is 22.9 Å². The molecule has 2 heterocycles. The molecule has 0 aliphatic heterocycles. The number of nitro benzene ring substituents is 1. The van der Waals surface area contributed by atoms with E-state index in [1.54, 1.807) is 10.8 Å². The van der Waals surface area contributed by atoms with Crippen LogP contribution in [0.4, 0.5) is 15.1 Å². The van der Waals surface area contributed by atoms with Crippen LogP contribution in [0.1, 0.15) is 5.56 Å². The van der Waals surface area contributed by atoms with Gasteiger partial charge in [-0.15, -0.1) is 23.1 Å². The number of imidazole rings is 1. The Morgan fingerprint density at radius 1 is 1.33 bits per heavy atom. The normalized spacial score (nSPS) is 11.7. The molecule has 0 aliphatic rings. The van der Waals surface area contributed by atoms with Gasteiger partial charge in [-0.05, 0) is 53.2 Å². The lowest BCUT2D eigenvalue weighted by Gasteiger charge is -2.09. The number of thioether (sulfide) groups is 1. The molecule has 0 atom stereocenters. The smallest absolute Gasteiger partial charge is 0.269 e. The maximum absolute atomic E-state index is 14.3. The van der Waals surface area contributed by atoms with Gasteiger partial charge in [-0.2, -0.15) is 0 Å². The van der Waals surface area contributed by atoms with E-state index >= 15 is 0 Å². The Balaban J connectivity index is 1.84. The zero-order chi connectivity index (χ0) is 23.9. The maximum atomic E-state index is 14.3. The van der Waals surface area contributed by atoms with Gasteiger partial charge in [0.15, 0.2) is 0 Å². The molecule has 0 amide bonds. The summed E-state index contributed by atoms with van der Waals surface area (Å²) >= 11 is 5.90. The maximum Gasteiger partial charge on any atom is 0.269 e. The summed E-state index contributed by atoms with van der Waals surface area (Å²) in [4.78, 5) is 18.7. The van der Waals surface area contributed by atoms with Gasteiger partial charge >= 0.3 is 0 Å². The molecule has 0 fully saturated rings. The first kappa shape index (κ1) is 23.5. The van der Waals surface area contributed by atoms with Crippen LogP contribution in [0.2, 0.25) is 0 Å². The van der Waals surface area contributed by atoms with E-state index in [1.165, 1.54) is 47.6 Å². The van der Waals surface area contributed by atoms with Crippen molar-refractivity contribution < 1.29 is 17.7 Å². The number of sulfone groups is 1. The van der Waals surface area contributed by atoms with Crippen molar-refractivity contribution in [3.05, 3.63) is 68.7 Å². The Morgan fingerprint density at radius 2 is 2.09 bits per heavy atom. The Bertz CT molecular complexity index is 1530. The van der Waals surface area contributed by atoms with Crippen LogP contribution in [0.3, 0.4) is 0 Å². The molecule has 0 radical (unpaired) electrons. The fraction of sp³-hybridized carbons (Fsp3) is 0.100. The molecule has 0 saturated heterocycles. The number of fused-ring (bicyclic) bond motifs is 1. The van der Waals surface area contributed by atoms with Crippen molar-refractivity contribution in [2.45, 2.75) is 20.5 Å². The van der Waals surface area contributed by atoms with Crippen molar-refractivity contribution in [1.82, 2.24) is 9.55 Å². The summed E-state index contributed by atoms with van der Waals surface area (Å²) in [5.74, 6) is -0.613. The van der Waals surface area contributed by atoms with Crippen molar-refractivity contribution in [3.63, 3.8) is 0 Å². The topological polar surface area (TPSA) is 107 Å². The standard InChI is InChI=1S/C20H14BrFN4O4S3/c1-23-18-8-17(20(31-2)32-18)33(29,30)13-6-14(21)19-16(7-13)25(10-24-19)9-11-5-12(26(27)28)3-4-15(11)22/h3-8,10H,1,9H2,2H3. The van der Waals surface area contributed by atoms with Gasteiger partial charge < -0.3 is 4.57 Å². The monoisotopic (exact) mass is 568 g/mol. The van der Waals surface area contributed by atoms with E-state index in [-0.39, 0.29) is 27.6 Å². The summed E-state index contributed by atoms with van der Waals surface area (Å²) in [5.41, 5.74) is 0.742. The van der Waals surface area contributed by atoms with Gasteiger partial charge in [-0.1, -0.05) is 0 Å². The van der Waals surface area contributed by atoms with Crippen LogP contribution >= 0.6 is 39.0 Å². The first-order chi connectivity index (χ1) is 15.6. The van der Waals surface area contributed by atoms with Crippen molar-refractivity contribution in [2.75, 3.05) is 6.26 Å². The van der Waals surface area contributed by atoms with Crippen molar-refractivity contribution in [3.8, 4) is 0 Å². The van der Waals surface area contributed by atoms with Crippen molar-refractivity contribution in [2.24, 2.45) is 4.99 Å². The zero-order valence-electron chi connectivity index (χ0n) is 16.9. The zero-order valence-corrected chi connectivity index (χ0v) is 20.9. The second-order valence-electron chi connectivity index (χ2n) is 6.78. The fourth-order valence-corrected chi connectivity index (χ4v) is 7.77. The van der Waals surface area contributed by atoms with Crippen LogP contribution in [-0.4, -0.2) is 35.9 Å². The number of halogens is 2. The summed E-state index contributed by atoms with van der Waals surface area (Å²) in [7, 11) is -3.91. The molecule has 8 nitrogen and oxygen atoms in total. The second kappa shape index (κ2) is 8.97. The van der Waals surface area contributed by atoms with Gasteiger partial charge in [-0.25, -0.2) is 17.8 Å². The lowest BCUT2D eigenvalue weighted by atomic mass is 10.2. The summed E-state index contributed by atoms with van der Waals surface area (Å²) in [6.07, 6.45) is 3.21. The van der Waals surface area contributed by atoms with Crippen LogP contribution in [-0.2, 0) is 16.4 Å². The summed E-state index contributed by atoms with van der Waals surface area (Å²) < 4.78 is 43.8. The van der Waals surface area contributed by atoms with Gasteiger partial charge in [0.05, 0.1) is 37.3 Å². The molecule has 33 heavy (non-hydrogen) atoms. The molecule has 0 spiro atoms. The second-order valence-corrected chi connectivity index (χ2v) is 11.7. The number of aromatic nitrogens is 2. The molecule has 0 bridgehead atoms. The van der Waals surface area contributed by atoms with E-state index < -0.39 is 20.6 Å². The number of nitro groups is 1. The molecule has 13 heteroatoms. The number of non-ortho nitro benzene ring substituents is 1. The van der Waals surface area contributed by atoms with Crippen LogP contribution in [0.25, 0.3) is 11.0 Å². The largest absolute Gasteiger partial charge is 0.326 e. The van der Waals surface area contributed by atoms with Crippen LogP contribution in [0, 0.1) is 15.9 Å². The molecule has 2 aromatic carbocycles. The number of thiophene rings is 1. The number of hydrogen-bond donors (Lipinski definition) is 0. The lowest BCUT2D eigenvalue weighted by molar-refractivity contribution is -0.385. The highest BCUT2D eigenvalue weighted by atomic mass is 79.9. The minimum Gasteiger partial charge on any atom is -0.326 e. The molecular weight excluding hydrogens is 555 g/mol. The first-order valence-corrected chi connectivity index (χ1v) is 13.4.